The number of carbonyl (C=O) groups excluding carboxylic acids is 2. The Hall–Kier alpha value is -4.05. The molecular formula is C38H43Cl2N3O6. The standard InChI is InChI=1S/C38H43Cl2N3O6/c1-4-42(21-27-8-5-6-9-31(27)39)38(47)37-30(20-28-22-43(23-33(37)41-28)35(44)10-7-11-36(45)46)26-12-14-29(15-13-26)48-16-17-49-34-19-25(3)24(2)18-32(34)40/h5-6,8-9,12-15,18-19,28,33,41H,4,7,10-11,16-17,20-23H2,1-3H3,(H,45,46)/t28-,33-/m1/s1. The van der Waals surface area contributed by atoms with Gasteiger partial charge < -0.3 is 29.7 Å². The van der Waals surface area contributed by atoms with Crippen LogP contribution in [0.2, 0.25) is 10.0 Å². The third-order valence-corrected chi connectivity index (χ3v) is 9.78. The molecular weight excluding hydrogens is 665 g/mol. The summed E-state index contributed by atoms with van der Waals surface area (Å²) in [5.41, 5.74) is 5.54. The van der Waals surface area contributed by atoms with Crippen LogP contribution in [0, 0.1) is 13.8 Å². The van der Waals surface area contributed by atoms with Crippen molar-refractivity contribution in [2.75, 3.05) is 32.8 Å². The summed E-state index contributed by atoms with van der Waals surface area (Å²) >= 11 is 12.8. The molecule has 0 radical (unpaired) electrons. The van der Waals surface area contributed by atoms with E-state index in [9.17, 15) is 14.4 Å². The van der Waals surface area contributed by atoms with Gasteiger partial charge in [0.25, 0.3) is 5.91 Å². The van der Waals surface area contributed by atoms with Crippen LogP contribution in [0.4, 0.5) is 0 Å². The van der Waals surface area contributed by atoms with Crippen LogP contribution >= 0.6 is 23.2 Å². The average molecular weight is 709 g/mol. The fraction of sp³-hybridized carbons (Fsp3) is 0.395. The van der Waals surface area contributed by atoms with Gasteiger partial charge in [0.1, 0.15) is 24.7 Å². The summed E-state index contributed by atoms with van der Waals surface area (Å²) in [6.07, 6.45) is 0.926. The normalized spacial score (nSPS) is 17.1. The largest absolute Gasteiger partial charge is 0.490 e. The minimum absolute atomic E-state index is 0.0560. The summed E-state index contributed by atoms with van der Waals surface area (Å²) in [6, 6.07) is 18.6. The lowest BCUT2D eigenvalue weighted by Crippen LogP contribution is -2.62. The first-order valence-corrected chi connectivity index (χ1v) is 17.4. The highest BCUT2D eigenvalue weighted by Gasteiger charge is 2.40. The molecule has 0 saturated carbocycles. The van der Waals surface area contributed by atoms with Crippen LogP contribution in [0.15, 0.2) is 66.2 Å². The van der Waals surface area contributed by atoms with E-state index in [1.807, 2.05) is 81.4 Å². The number of rotatable bonds is 14. The molecule has 2 aliphatic heterocycles. The molecule has 2 amide bonds. The van der Waals surface area contributed by atoms with Crippen LogP contribution in [0.5, 0.6) is 11.5 Å². The summed E-state index contributed by atoms with van der Waals surface area (Å²) in [4.78, 5) is 42.1. The number of aryl methyl sites for hydroxylation is 2. The molecule has 0 aliphatic carbocycles. The monoisotopic (exact) mass is 707 g/mol. The van der Waals surface area contributed by atoms with Gasteiger partial charge in [-0.2, -0.15) is 0 Å². The molecule has 2 bridgehead atoms. The lowest BCUT2D eigenvalue weighted by atomic mass is 9.82. The second kappa shape index (κ2) is 16.6. The van der Waals surface area contributed by atoms with Crippen LogP contribution < -0.4 is 14.8 Å². The Morgan fingerprint density at radius 1 is 0.939 bits per heavy atom. The van der Waals surface area contributed by atoms with Crippen LogP contribution in [0.25, 0.3) is 5.57 Å². The number of piperazine rings is 1. The first-order chi connectivity index (χ1) is 23.5. The zero-order valence-corrected chi connectivity index (χ0v) is 29.6. The summed E-state index contributed by atoms with van der Waals surface area (Å²) in [6.45, 7) is 8.24. The minimum Gasteiger partial charge on any atom is -0.490 e. The number of nitrogens with zero attached hydrogens (tertiary/aromatic N) is 2. The third kappa shape index (κ3) is 9.15. The SMILES string of the molecule is CCN(Cc1ccccc1Cl)C(=O)C1=C(c2ccc(OCCOc3cc(C)c(C)cc3Cl)cc2)C[C@@H]2CN(C(=O)CCCC(=O)O)C[C@H]1N2. The van der Waals surface area contributed by atoms with Gasteiger partial charge in [-0.1, -0.05) is 53.5 Å². The summed E-state index contributed by atoms with van der Waals surface area (Å²) in [7, 11) is 0. The topological polar surface area (TPSA) is 108 Å². The average Bonchev–Trinajstić information content (AvgIpc) is 3.08. The zero-order chi connectivity index (χ0) is 35.1. The maximum atomic E-state index is 14.4. The van der Waals surface area contributed by atoms with Crippen molar-refractivity contribution in [2.45, 2.75) is 65.1 Å². The maximum absolute atomic E-state index is 14.4. The number of hydrogen-bond acceptors (Lipinski definition) is 6. The Balaban J connectivity index is 1.35. The number of hydrogen-bond donors (Lipinski definition) is 2. The van der Waals surface area contributed by atoms with Gasteiger partial charge in [-0.3, -0.25) is 14.4 Å². The van der Waals surface area contributed by atoms with Crippen LogP contribution in [0.1, 0.15) is 54.9 Å². The minimum atomic E-state index is -0.921. The molecule has 2 heterocycles. The molecule has 2 N–H and O–H groups in total. The predicted octanol–water partition coefficient (Wildman–Crippen LogP) is 6.70. The number of nitrogens with one attached hydrogen (secondary N) is 1. The molecule has 1 fully saturated rings. The van der Waals surface area contributed by atoms with Gasteiger partial charge in [0.2, 0.25) is 5.91 Å². The molecule has 49 heavy (non-hydrogen) atoms. The van der Waals surface area contributed by atoms with Crippen molar-refractivity contribution in [2.24, 2.45) is 0 Å². The Kier molecular flexibility index (Phi) is 12.3. The quantitative estimate of drug-likeness (QED) is 0.180. The first-order valence-electron chi connectivity index (χ1n) is 16.7. The summed E-state index contributed by atoms with van der Waals surface area (Å²) < 4.78 is 11.8. The molecule has 0 spiro atoms. The molecule has 3 aromatic carbocycles. The van der Waals surface area contributed by atoms with Gasteiger partial charge in [-0.05, 0) is 91.8 Å². The highest BCUT2D eigenvalue weighted by Crippen LogP contribution is 2.35. The number of amides is 2. The third-order valence-electron chi connectivity index (χ3n) is 9.12. The van der Waals surface area contributed by atoms with Crippen LogP contribution in [-0.4, -0.2) is 77.6 Å². The Morgan fingerprint density at radius 2 is 1.65 bits per heavy atom. The lowest BCUT2D eigenvalue weighted by Gasteiger charge is -2.45. The summed E-state index contributed by atoms with van der Waals surface area (Å²) in [5.74, 6) is 0.168. The molecule has 3 aromatic rings. The molecule has 1 saturated heterocycles. The van der Waals surface area contributed by atoms with Gasteiger partial charge in [-0.15, -0.1) is 0 Å². The van der Waals surface area contributed by atoms with E-state index in [-0.39, 0.29) is 43.2 Å². The Morgan fingerprint density at radius 3 is 2.37 bits per heavy atom. The van der Waals surface area contributed by atoms with E-state index < -0.39 is 5.97 Å². The van der Waals surface area contributed by atoms with Crippen molar-refractivity contribution in [1.29, 1.82) is 0 Å². The van der Waals surface area contributed by atoms with Crippen LogP contribution in [-0.2, 0) is 20.9 Å². The lowest BCUT2D eigenvalue weighted by molar-refractivity contribution is -0.138. The molecule has 11 heteroatoms. The van der Waals surface area contributed by atoms with Crippen molar-refractivity contribution in [3.05, 3.63) is 98.5 Å². The molecule has 2 atom stereocenters. The van der Waals surface area contributed by atoms with E-state index in [2.05, 4.69) is 5.32 Å². The molecule has 9 nitrogen and oxygen atoms in total. The molecule has 5 rings (SSSR count). The van der Waals surface area contributed by atoms with Crippen molar-refractivity contribution in [3.63, 3.8) is 0 Å². The predicted molar refractivity (Wildman–Crippen MR) is 191 cm³/mol. The number of fused-ring (bicyclic) bond motifs is 2. The van der Waals surface area contributed by atoms with Gasteiger partial charge in [0.15, 0.2) is 0 Å². The van der Waals surface area contributed by atoms with Crippen molar-refractivity contribution in [3.8, 4) is 11.5 Å². The van der Waals surface area contributed by atoms with E-state index in [0.717, 1.165) is 27.8 Å². The van der Waals surface area contributed by atoms with Crippen molar-refractivity contribution >= 4 is 46.6 Å². The highest BCUT2D eigenvalue weighted by atomic mass is 35.5. The Bertz CT molecular complexity index is 1710. The molecule has 260 valence electrons. The highest BCUT2D eigenvalue weighted by molar-refractivity contribution is 6.32. The van der Waals surface area contributed by atoms with Gasteiger partial charge in [0, 0.05) is 55.7 Å². The molecule has 0 unspecified atom stereocenters. The number of aliphatic carboxylic acids is 1. The van der Waals surface area contributed by atoms with Crippen molar-refractivity contribution in [1.82, 2.24) is 15.1 Å². The molecule has 0 aromatic heterocycles. The van der Waals surface area contributed by atoms with E-state index in [4.69, 9.17) is 37.8 Å². The van der Waals surface area contributed by atoms with Gasteiger partial charge in [-0.25, -0.2) is 0 Å². The number of carbonyl (C=O) groups is 3. The molecule has 2 aliphatic rings. The Labute approximate surface area is 297 Å². The van der Waals surface area contributed by atoms with E-state index >= 15 is 0 Å². The van der Waals surface area contributed by atoms with E-state index in [1.54, 1.807) is 9.80 Å². The number of carboxylic acid groups (broad SMARTS) is 1. The van der Waals surface area contributed by atoms with E-state index in [0.29, 0.717) is 72.9 Å². The summed E-state index contributed by atoms with van der Waals surface area (Å²) in [5, 5.41) is 13.8. The number of halogens is 2. The fourth-order valence-electron chi connectivity index (χ4n) is 6.38. The second-order valence-electron chi connectivity index (χ2n) is 12.6. The van der Waals surface area contributed by atoms with Gasteiger partial charge in [0.05, 0.1) is 11.1 Å². The van der Waals surface area contributed by atoms with E-state index in [1.165, 1.54) is 0 Å². The van der Waals surface area contributed by atoms with Crippen LogP contribution in [0.3, 0.4) is 0 Å². The second-order valence-corrected chi connectivity index (χ2v) is 13.4. The first kappa shape index (κ1) is 36.2. The zero-order valence-electron chi connectivity index (χ0n) is 28.1. The number of benzene rings is 3. The van der Waals surface area contributed by atoms with Crippen molar-refractivity contribution < 1.29 is 29.0 Å². The number of likely N-dealkylation sites (N-methyl/N-ethyl adjacent to an activating group) is 1. The number of ether oxygens (including phenoxy) is 2. The maximum Gasteiger partial charge on any atom is 0.303 e. The van der Waals surface area contributed by atoms with Gasteiger partial charge >= 0.3 is 5.97 Å². The number of carboxylic acids is 1. The smallest absolute Gasteiger partial charge is 0.303 e. The fourth-order valence-corrected chi connectivity index (χ4v) is 6.85.